The lowest BCUT2D eigenvalue weighted by Gasteiger charge is -2.15. The Morgan fingerprint density at radius 2 is 1.62 bits per heavy atom. The predicted octanol–water partition coefficient (Wildman–Crippen LogP) is 3.90. The van der Waals surface area contributed by atoms with E-state index in [4.69, 9.17) is 4.74 Å². The number of aryl methyl sites for hydroxylation is 2. The largest absolute Gasteiger partial charge is 0.457 e. The van der Waals surface area contributed by atoms with Gasteiger partial charge in [-0.3, -0.25) is 9.59 Å². The number of nitrogens with zero attached hydrogens (tertiary/aromatic N) is 2. The maximum atomic E-state index is 12.3. The van der Waals surface area contributed by atoms with Gasteiger partial charge >= 0.3 is 0 Å². The first-order chi connectivity index (χ1) is 14.0. The van der Waals surface area contributed by atoms with Gasteiger partial charge in [0.25, 0.3) is 5.56 Å². The minimum Gasteiger partial charge on any atom is -0.457 e. The zero-order valence-corrected chi connectivity index (χ0v) is 16.0. The summed E-state index contributed by atoms with van der Waals surface area (Å²) in [4.78, 5) is 27.1. The third kappa shape index (κ3) is 3.87. The first kappa shape index (κ1) is 18.4. The van der Waals surface area contributed by atoms with Gasteiger partial charge in [0.15, 0.2) is 0 Å². The molecule has 0 aliphatic rings. The van der Waals surface area contributed by atoms with Crippen molar-refractivity contribution >= 4 is 0 Å². The molecule has 6 heteroatoms. The molecule has 0 radical (unpaired) electrons. The summed E-state index contributed by atoms with van der Waals surface area (Å²) in [6, 6.07) is 21.7. The van der Waals surface area contributed by atoms with Crippen molar-refractivity contribution in [3.05, 3.63) is 99.2 Å². The lowest BCUT2D eigenvalue weighted by molar-refractivity contribution is 0.484. The summed E-state index contributed by atoms with van der Waals surface area (Å²) in [6.07, 6.45) is 0. The topological polar surface area (TPSA) is 77.0 Å². The second kappa shape index (κ2) is 7.59. The fraction of sp³-hybridized carbons (Fsp3) is 0.0870. The van der Waals surface area contributed by atoms with E-state index in [1.54, 1.807) is 14.0 Å². The molecule has 4 rings (SSSR count). The Kier molecular flexibility index (Phi) is 4.83. The molecule has 0 bridgehead atoms. The molecule has 0 saturated carbocycles. The summed E-state index contributed by atoms with van der Waals surface area (Å²) in [5.41, 5.74) is 2.69. The number of aromatic amines is 1. The van der Waals surface area contributed by atoms with Gasteiger partial charge in [-0.1, -0.05) is 30.3 Å². The van der Waals surface area contributed by atoms with Crippen molar-refractivity contribution in [3.63, 3.8) is 0 Å². The van der Waals surface area contributed by atoms with Gasteiger partial charge in [-0.15, -0.1) is 0 Å². The van der Waals surface area contributed by atoms with Crippen LogP contribution in [0.25, 0.3) is 22.4 Å². The van der Waals surface area contributed by atoms with E-state index in [9.17, 15) is 9.59 Å². The van der Waals surface area contributed by atoms with Crippen LogP contribution in [0, 0.1) is 6.92 Å². The van der Waals surface area contributed by atoms with E-state index in [1.165, 1.54) is 16.8 Å². The van der Waals surface area contributed by atoms with Crippen molar-refractivity contribution in [1.82, 2.24) is 14.8 Å². The third-order valence-corrected chi connectivity index (χ3v) is 4.50. The first-order valence-electron chi connectivity index (χ1n) is 9.13. The molecule has 0 aliphatic heterocycles. The molecule has 0 fully saturated rings. The minimum absolute atomic E-state index is 0.236. The minimum atomic E-state index is -0.261. The Labute approximate surface area is 167 Å². The standard InChI is InChI=1S/C23H19N3O3/c1-15-12-16(13-21(27)24-15)19-14-22(28)26(2)25-23(19)18-10-6-7-11-20(18)29-17-8-4-3-5-9-17/h3-14H,1-2H3,(H,24,27). The van der Waals surface area contributed by atoms with Crippen molar-refractivity contribution in [2.24, 2.45) is 7.05 Å². The van der Waals surface area contributed by atoms with Crippen LogP contribution < -0.4 is 15.9 Å². The van der Waals surface area contributed by atoms with Crippen LogP contribution in [0.4, 0.5) is 0 Å². The van der Waals surface area contributed by atoms with Crippen LogP contribution >= 0.6 is 0 Å². The summed E-state index contributed by atoms with van der Waals surface area (Å²) in [7, 11) is 1.60. The van der Waals surface area contributed by atoms with Gasteiger partial charge < -0.3 is 9.72 Å². The number of ether oxygens (including phenoxy) is 1. The van der Waals surface area contributed by atoms with E-state index in [-0.39, 0.29) is 11.1 Å². The Morgan fingerprint density at radius 3 is 2.38 bits per heavy atom. The van der Waals surface area contributed by atoms with Gasteiger partial charge in [-0.05, 0) is 42.8 Å². The van der Waals surface area contributed by atoms with Crippen molar-refractivity contribution < 1.29 is 4.74 Å². The third-order valence-electron chi connectivity index (χ3n) is 4.50. The maximum Gasteiger partial charge on any atom is 0.267 e. The molecule has 144 valence electrons. The average Bonchev–Trinajstić information content (AvgIpc) is 2.70. The quantitative estimate of drug-likeness (QED) is 0.578. The van der Waals surface area contributed by atoms with Crippen molar-refractivity contribution in [3.8, 4) is 33.9 Å². The van der Waals surface area contributed by atoms with Gasteiger partial charge in [0.05, 0.1) is 0 Å². The van der Waals surface area contributed by atoms with E-state index in [1.807, 2.05) is 60.7 Å². The highest BCUT2D eigenvalue weighted by Crippen LogP contribution is 2.36. The van der Waals surface area contributed by atoms with Gasteiger partial charge in [0.2, 0.25) is 5.56 Å². The van der Waals surface area contributed by atoms with Crippen LogP contribution in [0.1, 0.15) is 5.69 Å². The second-order valence-corrected chi connectivity index (χ2v) is 6.70. The summed E-state index contributed by atoms with van der Waals surface area (Å²) < 4.78 is 7.35. The molecule has 29 heavy (non-hydrogen) atoms. The Balaban J connectivity index is 1.93. The molecular weight excluding hydrogens is 366 g/mol. The van der Waals surface area contributed by atoms with Crippen LogP contribution in [0.2, 0.25) is 0 Å². The highest BCUT2D eigenvalue weighted by Gasteiger charge is 2.17. The maximum absolute atomic E-state index is 12.3. The highest BCUT2D eigenvalue weighted by atomic mass is 16.5. The average molecular weight is 385 g/mol. The van der Waals surface area contributed by atoms with E-state index in [0.717, 1.165) is 5.56 Å². The molecule has 0 spiro atoms. The normalized spacial score (nSPS) is 10.7. The number of para-hydroxylation sites is 2. The van der Waals surface area contributed by atoms with Crippen LogP contribution in [-0.4, -0.2) is 14.8 Å². The molecule has 2 aromatic carbocycles. The van der Waals surface area contributed by atoms with Crippen LogP contribution in [0.3, 0.4) is 0 Å². The molecule has 2 aromatic heterocycles. The lowest BCUT2D eigenvalue weighted by atomic mass is 9.99. The Morgan fingerprint density at radius 1 is 0.897 bits per heavy atom. The van der Waals surface area contributed by atoms with Gasteiger partial charge in [-0.25, -0.2) is 4.68 Å². The zero-order valence-electron chi connectivity index (χ0n) is 16.0. The summed E-state index contributed by atoms with van der Waals surface area (Å²) >= 11 is 0. The summed E-state index contributed by atoms with van der Waals surface area (Å²) in [5, 5.41) is 4.49. The van der Waals surface area contributed by atoms with E-state index < -0.39 is 0 Å². The lowest BCUT2D eigenvalue weighted by Crippen LogP contribution is -2.20. The number of pyridine rings is 1. The molecule has 0 aliphatic carbocycles. The van der Waals surface area contributed by atoms with Gasteiger partial charge in [0.1, 0.15) is 17.2 Å². The predicted molar refractivity (Wildman–Crippen MR) is 112 cm³/mol. The number of hydrogen-bond acceptors (Lipinski definition) is 4. The van der Waals surface area contributed by atoms with Crippen molar-refractivity contribution in [2.75, 3.05) is 0 Å². The fourth-order valence-corrected chi connectivity index (χ4v) is 3.16. The molecular formula is C23H19N3O3. The molecule has 1 N–H and O–H groups in total. The number of rotatable bonds is 4. The number of H-pyrrole nitrogens is 1. The molecule has 0 saturated heterocycles. The molecule has 0 unspecified atom stereocenters. The fourth-order valence-electron chi connectivity index (χ4n) is 3.16. The second-order valence-electron chi connectivity index (χ2n) is 6.70. The number of benzene rings is 2. The molecule has 6 nitrogen and oxygen atoms in total. The van der Waals surface area contributed by atoms with Gasteiger partial charge in [0, 0.05) is 36.0 Å². The van der Waals surface area contributed by atoms with Gasteiger partial charge in [-0.2, -0.15) is 5.10 Å². The molecule has 4 aromatic rings. The zero-order chi connectivity index (χ0) is 20.4. The van der Waals surface area contributed by atoms with E-state index in [2.05, 4.69) is 10.1 Å². The van der Waals surface area contributed by atoms with Crippen LogP contribution in [0.5, 0.6) is 11.5 Å². The van der Waals surface area contributed by atoms with Crippen LogP contribution in [-0.2, 0) is 7.05 Å². The van der Waals surface area contributed by atoms with Crippen LogP contribution in [0.15, 0.2) is 82.4 Å². The molecule has 2 heterocycles. The number of hydrogen-bond donors (Lipinski definition) is 1. The summed E-state index contributed by atoms with van der Waals surface area (Å²) in [5.74, 6) is 1.30. The number of aromatic nitrogens is 3. The summed E-state index contributed by atoms with van der Waals surface area (Å²) in [6.45, 7) is 1.80. The van der Waals surface area contributed by atoms with Crippen molar-refractivity contribution in [1.29, 1.82) is 0 Å². The monoisotopic (exact) mass is 385 g/mol. The molecule has 0 atom stereocenters. The molecule has 0 amide bonds. The highest BCUT2D eigenvalue weighted by molar-refractivity contribution is 5.83. The first-order valence-corrected chi connectivity index (χ1v) is 9.13. The SMILES string of the molecule is Cc1cc(-c2cc(=O)n(C)nc2-c2ccccc2Oc2ccccc2)cc(=O)[nH]1. The van der Waals surface area contributed by atoms with E-state index >= 15 is 0 Å². The Hall–Kier alpha value is -3.93. The smallest absolute Gasteiger partial charge is 0.267 e. The number of nitrogens with one attached hydrogen (secondary N) is 1. The van der Waals surface area contributed by atoms with Crippen molar-refractivity contribution in [2.45, 2.75) is 6.92 Å². The van der Waals surface area contributed by atoms with E-state index in [0.29, 0.717) is 34.0 Å². The Bertz CT molecular complexity index is 1290.